The predicted molar refractivity (Wildman–Crippen MR) is 78.5 cm³/mol. The lowest BCUT2D eigenvalue weighted by Gasteiger charge is -2.32. The molecule has 0 aliphatic carbocycles. The molecule has 1 aromatic carbocycles. The van der Waals surface area contributed by atoms with Crippen LogP contribution in [0.2, 0.25) is 5.02 Å². The van der Waals surface area contributed by atoms with Crippen LogP contribution in [-0.2, 0) is 0 Å². The highest BCUT2D eigenvalue weighted by molar-refractivity contribution is 9.10. The van der Waals surface area contributed by atoms with Gasteiger partial charge in [-0.2, -0.15) is 13.2 Å². The van der Waals surface area contributed by atoms with E-state index in [4.69, 9.17) is 11.6 Å². The fourth-order valence-corrected chi connectivity index (χ4v) is 2.70. The van der Waals surface area contributed by atoms with Crippen LogP contribution in [-0.4, -0.2) is 30.2 Å². The zero-order valence-electron chi connectivity index (χ0n) is 11.2. The van der Waals surface area contributed by atoms with Crippen LogP contribution in [0.4, 0.5) is 28.0 Å². The number of hydrogen-bond acceptors (Lipinski definition) is 1. The summed E-state index contributed by atoms with van der Waals surface area (Å²) in [5.74, 6) is -2.19. The van der Waals surface area contributed by atoms with Gasteiger partial charge >= 0.3 is 12.2 Å². The second kappa shape index (κ2) is 6.62. The molecule has 1 aromatic rings. The van der Waals surface area contributed by atoms with Crippen molar-refractivity contribution in [2.45, 2.75) is 19.0 Å². The van der Waals surface area contributed by atoms with Gasteiger partial charge < -0.3 is 10.2 Å². The van der Waals surface area contributed by atoms with Gasteiger partial charge in [-0.15, -0.1) is 0 Å². The molecule has 2 amide bonds. The van der Waals surface area contributed by atoms with Crippen molar-refractivity contribution < 1.29 is 22.4 Å². The third-order valence-corrected chi connectivity index (χ3v) is 4.78. The Morgan fingerprint density at radius 3 is 2.45 bits per heavy atom. The smallest absolute Gasteiger partial charge is 0.325 e. The zero-order valence-corrected chi connectivity index (χ0v) is 13.5. The normalized spacial score (nSPS) is 16.7. The lowest BCUT2D eigenvalue weighted by atomic mass is 9.96. The number of benzene rings is 1. The number of piperidine rings is 1. The van der Waals surface area contributed by atoms with Gasteiger partial charge in [0.2, 0.25) is 0 Å². The summed E-state index contributed by atoms with van der Waals surface area (Å²) in [6.07, 6.45) is -4.55. The molecule has 9 heteroatoms. The molecule has 1 aliphatic heterocycles. The number of likely N-dealkylation sites (tertiary alicyclic amines) is 1. The van der Waals surface area contributed by atoms with E-state index in [1.165, 1.54) is 17.0 Å². The topological polar surface area (TPSA) is 32.3 Å². The summed E-state index contributed by atoms with van der Waals surface area (Å²) in [7, 11) is 0. The molecule has 0 radical (unpaired) electrons. The first-order chi connectivity index (χ1) is 10.2. The van der Waals surface area contributed by atoms with E-state index in [0.717, 1.165) is 0 Å². The molecule has 1 aliphatic rings. The van der Waals surface area contributed by atoms with Crippen molar-refractivity contribution >= 4 is 39.2 Å². The molecule has 122 valence electrons. The largest absolute Gasteiger partial charge is 0.391 e. The van der Waals surface area contributed by atoms with E-state index in [2.05, 4.69) is 21.2 Å². The molecule has 0 saturated carbocycles. The van der Waals surface area contributed by atoms with Crippen LogP contribution in [0.3, 0.4) is 0 Å². The maximum absolute atomic E-state index is 13.9. The van der Waals surface area contributed by atoms with Crippen molar-refractivity contribution in [2.75, 3.05) is 18.4 Å². The lowest BCUT2D eigenvalue weighted by molar-refractivity contribution is -0.183. The molecular formula is C13H12BrClF4N2O. The molecule has 1 saturated heterocycles. The molecule has 1 heterocycles. The third kappa shape index (κ3) is 3.84. The van der Waals surface area contributed by atoms with E-state index in [1.807, 2.05) is 0 Å². The van der Waals surface area contributed by atoms with Gasteiger partial charge in [0.05, 0.1) is 16.6 Å². The van der Waals surface area contributed by atoms with Gasteiger partial charge in [0.1, 0.15) is 0 Å². The molecule has 22 heavy (non-hydrogen) atoms. The fraction of sp³-hybridized carbons (Fsp3) is 0.462. The van der Waals surface area contributed by atoms with Crippen LogP contribution in [0.15, 0.2) is 16.6 Å². The van der Waals surface area contributed by atoms with Gasteiger partial charge in [0, 0.05) is 17.6 Å². The minimum atomic E-state index is -4.24. The Kier molecular flexibility index (Phi) is 5.21. The average Bonchev–Trinajstić information content (AvgIpc) is 2.47. The molecule has 0 bridgehead atoms. The summed E-state index contributed by atoms with van der Waals surface area (Å²) in [5, 5.41) is 2.15. The van der Waals surface area contributed by atoms with Crippen molar-refractivity contribution in [1.29, 1.82) is 0 Å². The molecule has 3 nitrogen and oxygen atoms in total. The number of alkyl halides is 3. The quantitative estimate of drug-likeness (QED) is 0.517. The number of amides is 2. The standard InChI is InChI=1S/C13H12BrClF4N2O/c14-8-1-2-9(11(16)10(8)15)20-12(22)21-5-3-7(4-6-21)13(17,18)19/h1-2,7H,3-6H2,(H,20,22). The van der Waals surface area contributed by atoms with Crippen LogP contribution in [0, 0.1) is 11.7 Å². The molecule has 0 spiro atoms. The number of urea groups is 1. The predicted octanol–water partition coefficient (Wildman–Crippen LogP) is 5.05. The Labute approximate surface area is 137 Å². The van der Waals surface area contributed by atoms with E-state index in [1.54, 1.807) is 0 Å². The van der Waals surface area contributed by atoms with Gasteiger partial charge in [0.25, 0.3) is 0 Å². The summed E-state index contributed by atoms with van der Waals surface area (Å²) in [5.41, 5.74) is -0.115. The van der Waals surface area contributed by atoms with E-state index >= 15 is 0 Å². The Morgan fingerprint density at radius 2 is 1.91 bits per heavy atom. The third-order valence-electron chi connectivity index (χ3n) is 3.52. The van der Waals surface area contributed by atoms with E-state index in [-0.39, 0.29) is 36.6 Å². The Hall–Kier alpha value is -1.02. The summed E-state index contributed by atoms with van der Waals surface area (Å²) in [6.45, 7) is -0.0518. The van der Waals surface area contributed by atoms with Gasteiger partial charge in [-0.3, -0.25) is 0 Å². The molecule has 1 fully saturated rings. The van der Waals surface area contributed by atoms with Crippen LogP contribution < -0.4 is 5.32 Å². The van der Waals surface area contributed by atoms with Crippen molar-refractivity contribution in [2.24, 2.45) is 5.92 Å². The van der Waals surface area contributed by atoms with E-state index in [9.17, 15) is 22.4 Å². The van der Waals surface area contributed by atoms with Crippen LogP contribution >= 0.6 is 27.5 Å². The van der Waals surface area contributed by atoms with E-state index in [0.29, 0.717) is 4.47 Å². The SMILES string of the molecule is O=C(Nc1ccc(Br)c(Cl)c1F)N1CCC(C(F)(F)F)CC1. The van der Waals surface area contributed by atoms with Crippen LogP contribution in [0.5, 0.6) is 0 Å². The maximum atomic E-state index is 13.9. The highest BCUT2D eigenvalue weighted by atomic mass is 79.9. The zero-order chi connectivity index (χ0) is 16.5. The number of carbonyl (C=O) groups excluding carboxylic acids is 1. The van der Waals surface area contributed by atoms with Crippen molar-refractivity contribution in [3.8, 4) is 0 Å². The van der Waals surface area contributed by atoms with Crippen molar-refractivity contribution in [3.05, 3.63) is 27.4 Å². The Morgan fingerprint density at radius 1 is 1.32 bits per heavy atom. The molecule has 0 atom stereocenters. The Balaban J connectivity index is 1.99. The number of nitrogens with one attached hydrogen (secondary N) is 1. The van der Waals surface area contributed by atoms with Gasteiger partial charge in [-0.05, 0) is 40.9 Å². The molecule has 0 unspecified atom stereocenters. The first-order valence-electron chi connectivity index (χ1n) is 6.46. The minimum absolute atomic E-state index is 0.0259. The molecule has 1 N–H and O–H groups in total. The first kappa shape index (κ1) is 17.3. The maximum Gasteiger partial charge on any atom is 0.391 e. The molecule has 2 rings (SSSR count). The van der Waals surface area contributed by atoms with Crippen LogP contribution in [0.1, 0.15) is 12.8 Å². The molecule has 0 aromatic heterocycles. The number of rotatable bonds is 1. The Bertz CT molecular complexity index is 574. The second-order valence-corrected chi connectivity index (χ2v) is 6.19. The number of nitrogens with zero attached hydrogens (tertiary/aromatic N) is 1. The highest BCUT2D eigenvalue weighted by Crippen LogP contribution is 2.34. The van der Waals surface area contributed by atoms with Crippen molar-refractivity contribution in [3.63, 3.8) is 0 Å². The van der Waals surface area contributed by atoms with E-state index < -0.39 is 23.9 Å². The minimum Gasteiger partial charge on any atom is -0.325 e. The first-order valence-corrected chi connectivity index (χ1v) is 7.63. The van der Waals surface area contributed by atoms with Crippen LogP contribution in [0.25, 0.3) is 0 Å². The molecular weight excluding hydrogens is 392 g/mol. The number of hydrogen-bond donors (Lipinski definition) is 1. The summed E-state index contributed by atoms with van der Waals surface area (Å²) >= 11 is 8.76. The second-order valence-electron chi connectivity index (χ2n) is 4.96. The summed E-state index contributed by atoms with van der Waals surface area (Å²) < 4.78 is 51.9. The number of halogens is 6. The lowest BCUT2D eigenvalue weighted by Crippen LogP contribution is -2.44. The number of anilines is 1. The van der Waals surface area contributed by atoms with Crippen molar-refractivity contribution in [1.82, 2.24) is 4.90 Å². The summed E-state index contributed by atoms with van der Waals surface area (Å²) in [4.78, 5) is 13.2. The fourth-order valence-electron chi connectivity index (χ4n) is 2.23. The summed E-state index contributed by atoms with van der Waals surface area (Å²) in [6, 6.07) is 2.15. The number of carbonyl (C=O) groups is 1. The van der Waals surface area contributed by atoms with Gasteiger partial charge in [-0.1, -0.05) is 11.6 Å². The average molecular weight is 404 g/mol. The van der Waals surface area contributed by atoms with Gasteiger partial charge in [-0.25, -0.2) is 9.18 Å². The highest BCUT2D eigenvalue weighted by Gasteiger charge is 2.41. The monoisotopic (exact) mass is 402 g/mol. The van der Waals surface area contributed by atoms with Gasteiger partial charge in [0.15, 0.2) is 5.82 Å².